The van der Waals surface area contributed by atoms with E-state index in [-0.39, 0.29) is 22.9 Å². The number of hydrogen-bond acceptors (Lipinski definition) is 4. The number of nitrogens with one attached hydrogen (secondary N) is 1. The quantitative estimate of drug-likeness (QED) is 0.516. The number of halogens is 1. The van der Waals surface area contributed by atoms with Crippen LogP contribution in [0.5, 0.6) is 0 Å². The molecule has 20 heavy (non-hydrogen) atoms. The lowest BCUT2D eigenvalue weighted by atomic mass is 10.2. The van der Waals surface area contributed by atoms with Crippen molar-refractivity contribution in [2.24, 2.45) is 5.73 Å². The fourth-order valence-electron chi connectivity index (χ4n) is 1.58. The molecule has 0 fully saturated rings. The van der Waals surface area contributed by atoms with E-state index < -0.39 is 15.9 Å². The molecule has 0 aliphatic rings. The first kappa shape index (κ1) is 16.7. The molecule has 0 atom stereocenters. The van der Waals surface area contributed by atoms with E-state index in [1.54, 1.807) is 6.92 Å². The molecule has 0 aromatic heterocycles. The summed E-state index contributed by atoms with van der Waals surface area (Å²) in [5, 5.41) is 0.126. The number of nitrogens with two attached hydrogens (primary N) is 2. The van der Waals surface area contributed by atoms with Crippen molar-refractivity contribution < 1.29 is 13.2 Å². The van der Waals surface area contributed by atoms with Gasteiger partial charge in [-0.15, -0.1) is 0 Å². The number of benzene rings is 1. The molecule has 1 amide bonds. The van der Waals surface area contributed by atoms with Crippen LogP contribution in [0.25, 0.3) is 0 Å². The van der Waals surface area contributed by atoms with Gasteiger partial charge in [0.1, 0.15) is 4.90 Å². The van der Waals surface area contributed by atoms with Crippen molar-refractivity contribution in [2.75, 3.05) is 12.3 Å². The second kappa shape index (κ2) is 6.92. The lowest BCUT2D eigenvalue weighted by molar-refractivity contribution is -0.118. The first-order chi connectivity index (χ1) is 9.24. The minimum Gasteiger partial charge on any atom is -0.398 e. The maximum atomic E-state index is 12.1. The first-order valence-corrected chi connectivity index (χ1v) is 7.93. The van der Waals surface area contributed by atoms with Gasteiger partial charge in [-0.25, -0.2) is 13.1 Å². The minimum atomic E-state index is -3.71. The Balaban J connectivity index is 2.70. The molecule has 8 heteroatoms. The molecule has 0 saturated heterocycles. The highest BCUT2D eigenvalue weighted by molar-refractivity contribution is 7.89. The number of amides is 1. The first-order valence-electron chi connectivity index (χ1n) is 6.07. The lowest BCUT2D eigenvalue weighted by Gasteiger charge is -2.10. The summed E-state index contributed by atoms with van der Waals surface area (Å²) in [5.74, 6) is -0.401. The van der Waals surface area contributed by atoms with Crippen LogP contribution in [0.2, 0.25) is 5.02 Å². The summed E-state index contributed by atoms with van der Waals surface area (Å²) in [4.78, 5) is 10.5. The minimum absolute atomic E-state index is 0.0443. The molecule has 0 aliphatic carbocycles. The summed E-state index contributed by atoms with van der Waals surface area (Å²) in [6, 6.07) is 2.85. The average molecular weight is 320 g/mol. The van der Waals surface area contributed by atoms with Crippen LogP contribution in [-0.4, -0.2) is 20.9 Å². The summed E-state index contributed by atoms with van der Waals surface area (Å²) in [5.41, 5.74) is 11.8. The molecule has 0 bridgehead atoms. The van der Waals surface area contributed by atoms with Crippen molar-refractivity contribution in [1.29, 1.82) is 0 Å². The number of nitrogen functional groups attached to an aromatic ring is 1. The maximum absolute atomic E-state index is 12.1. The van der Waals surface area contributed by atoms with Crippen molar-refractivity contribution in [3.63, 3.8) is 0 Å². The van der Waals surface area contributed by atoms with Crippen molar-refractivity contribution in [2.45, 2.75) is 31.1 Å². The SMILES string of the molecule is Cc1cc(Cl)c(S(=O)(=O)NCCCCC(N)=O)cc1N. The zero-order chi connectivity index (χ0) is 15.3. The third-order valence-corrected chi connectivity index (χ3v) is 4.68. The molecule has 0 unspecified atom stereocenters. The summed E-state index contributed by atoms with van der Waals surface area (Å²) in [6.45, 7) is 1.95. The highest BCUT2D eigenvalue weighted by Gasteiger charge is 2.18. The van der Waals surface area contributed by atoms with Crippen LogP contribution in [-0.2, 0) is 14.8 Å². The normalized spacial score (nSPS) is 11.5. The summed E-state index contributed by atoms with van der Waals surface area (Å²) < 4.78 is 26.6. The zero-order valence-electron chi connectivity index (χ0n) is 11.1. The van der Waals surface area contributed by atoms with Gasteiger partial charge < -0.3 is 11.5 Å². The lowest BCUT2D eigenvalue weighted by Crippen LogP contribution is -2.25. The molecule has 0 heterocycles. The van der Waals surface area contributed by atoms with E-state index in [9.17, 15) is 13.2 Å². The Kier molecular flexibility index (Phi) is 5.79. The van der Waals surface area contributed by atoms with Crippen LogP contribution in [0.1, 0.15) is 24.8 Å². The summed E-state index contributed by atoms with van der Waals surface area (Å²) in [6.07, 6.45) is 1.28. The Morgan fingerprint density at radius 1 is 1.35 bits per heavy atom. The third-order valence-electron chi connectivity index (χ3n) is 2.75. The van der Waals surface area contributed by atoms with Crippen LogP contribution in [0.4, 0.5) is 5.69 Å². The fraction of sp³-hybridized carbons (Fsp3) is 0.417. The van der Waals surface area contributed by atoms with Gasteiger partial charge in [-0.1, -0.05) is 11.6 Å². The number of aryl methyl sites for hydroxylation is 1. The molecule has 0 radical (unpaired) electrons. The molecule has 5 N–H and O–H groups in total. The number of anilines is 1. The van der Waals surface area contributed by atoms with Gasteiger partial charge in [0.15, 0.2) is 0 Å². The topological polar surface area (TPSA) is 115 Å². The van der Waals surface area contributed by atoms with E-state index in [0.29, 0.717) is 18.5 Å². The third kappa shape index (κ3) is 4.66. The molecule has 0 saturated carbocycles. The van der Waals surface area contributed by atoms with Gasteiger partial charge in [0.2, 0.25) is 15.9 Å². The molecule has 112 valence electrons. The van der Waals surface area contributed by atoms with Crippen LogP contribution < -0.4 is 16.2 Å². The number of unbranched alkanes of at least 4 members (excludes halogenated alkanes) is 1. The van der Waals surface area contributed by atoms with Gasteiger partial charge in [0.25, 0.3) is 0 Å². The molecular weight excluding hydrogens is 302 g/mol. The van der Waals surface area contributed by atoms with E-state index in [1.165, 1.54) is 12.1 Å². The summed E-state index contributed by atoms with van der Waals surface area (Å²) in [7, 11) is -3.71. The van der Waals surface area contributed by atoms with Crippen molar-refractivity contribution in [3.8, 4) is 0 Å². The van der Waals surface area contributed by atoms with Crippen molar-refractivity contribution in [1.82, 2.24) is 4.72 Å². The smallest absolute Gasteiger partial charge is 0.242 e. The Hall–Kier alpha value is -1.31. The van der Waals surface area contributed by atoms with Crippen molar-refractivity contribution in [3.05, 3.63) is 22.7 Å². The monoisotopic (exact) mass is 319 g/mol. The second-order valence-electron chi connectivity index (χ2n) is 4.46. The molecular formula is C12H18ClN3O3S. The molecule has 6 nitrogen and oxygen atoms in total. The Labute approximate surface area is 123 Å². The highest BCUT2D eigenvalue weighted by Crippen LogP contribution is 2.26. The Morgan fingerprint density at radius 3 is 2.60 bits per heavy atom. The standard InChI is InChI=1S/C12H18ClN3O3S/c1-8-6-9(13)11(7-10(8)14)20(18,19)16-5-3-2-4-12(15)17/h6-7,16H,2-5,14H2,1H3,(H2,15,17). The average Bonchev–Trinajstić information content (AvgIpc) is 2.32. The zero-order valence-corrected chi connectivity index (χ0v) is 12.7. The molecule has 0 spiro atoms. The fourth-order valence-corrected chi connectivity index (χ4v) is 3.27. The van der Waals surface area contributed by atoms with E-state index in [2.05, 4.69) is 4.72 Å². The highest BCUT2D eigenvalue weighted by atomic mass is 35.5. The van der Waals surface area contributed by atoms with Crippen molar-refractivity contribution >= 4 is 33.2 Å². The van der Waals surface area contributed by atoms with Crippen LogP contribution in [0.3, 0.4) is 0 Å². The van der Waals surface area contributed by atoms with Crippen LogP contribution in [0.15, 0.2) is 17.0 Å². The van der Waals surface area contributed by atoms with Gasteiger partial charge in [0, 0.05) is 18.7 Å². The van der Waals surface area contributed by atoms with Gasteiger partial charge >= 0.3 is 0 Å². The van der Waals surface area contributed by atoms with Gasteiger partial charge in [-0.3, -0.25) is 4.79 Å². The predicted octanol–water partition coefficient (Wildman–Crippen LogP) is 1.16. The largest absolute Gasteiger partial charge is 0.398 e. The number of hydrogen-bond donors (Lipinski definition) is 3. The predicted molar refractivity (Wildman–Crippen MR) is 78.8 cm³/mol. The number of rotatable bonds is 7. The van der Waals surface area contributed by atoms with E-state index in [4.69, 9.17) is 23.1 Å². The van der Waals surface area contributed by atoms with Gasteiger partial charge in [-0.05, 0) is 37.5 Å². The second-order valence-corrected chi connectivity index (χ2v) is 6.60. The molecule has 0 aliphatic heterocycles. The maximum Gasteiger partial charge on any atom is 0.242 e. The summed E-state index contributed by atoms with van der Waals surface area (Å²) >= 11 is 5.93. The van der Waals surface area contributed by atoms with Gasteiger partial charge in [0.05, 0.1) is 5.02 Å². The van der Waals surface area contributed by atoms with Gasteiger partial charge in [-0.2, -0.15) is 0 Å². The Morgan fingerprint density at radius 2 is 2.00 bits per heavy atom. The number of carbonyl (C=O) groups is 1. The number of sulfonamides is 1. The molecule has 1 aromatic carbocycles. The van der Waals surface area contributed by atoms with Crippen LogP contribution >= 0.6 is 11.6 Å². The van der Waals surface area contributed by atoms with E-state index >= 15 is 0 Å². The number of carbonyl (C=O) groups excluding carboxylic acids is 1. The van der Waals surface area contributed by atoms with Crippen LogP contribution in [0, 0.1) is 6.92 Å². The molecule has 1 aromatic rings. The molecule has 1 rings (SSSR count). The Bertz CT molecular complexity index is 602. The van der Waals surface area contributed by atoms with E-state index in [1.807, 2.05) is 0 Å². The van der Waals surface area contributed by atoms with E-state index in [0.717, 1.165) is 5.56 Å². The number of primary amides is 1.